The lowest BCUT2D eigenvalue weighted by atomic mass is 10.3. The summed E-state index contributed by atoms with van der Waals surface area (Å²) in [4.78, 5) is 13.9. The molecule has 0 saturated heterocycles. The van der Waals surface area contributed by atoms with Crippen LogP contribution in [0.3, 0.4) is 0 Å². The van der Waals surface area contributed by atoms with E-state index in [0.717, 1.165) is 30.9 Å². The molecule has 5 nitrogen and oxygen atoms in total. The minimum Gasteiger partial charge on any atom is -0.365 e. The van der Waals surface area contributed by atoms with E-state index in [-0.39, 0.29) is 0 Å². The zero-order valence-corrected chi connectivity index (χ0v) is 11.4. The van der Waals surface area contributed by atoms with Gasteiger partial charge >= 0.3 is 0 Å². The molecule has 2 rings (SSSR count). The molecular weight excluding hydrogens is 246 g/mol. The Morgan fingerprint density at radius 2 is 2.17 bits per heavy atom. The summed E-state index contributed by atoms with van der Waals surface area (Å²) in [6, 6.07) is 0. The molecule has 0 amide bonds. The van der Waals surface area contributed by atoms with Crippen LogP contribution in [0.5, 0.6) is 0 Å². The van der Waals surface area contributed by atoms with Gasteiger partial charge in [0.25, 0.3) is 0 Å². The number of aromatic nitrogens is 3. The van der Waals surface area contributed by atoms with Crippen LogP contribution >= 0.6 is 11.3 Å². The van der Waals surface area contributed by atoms with Crippen molar-refractivity contribution in [3.63, 3.8) is 0 Å². The predicted molar refractivity (Wildman–Crippen MR) is 75.0 cm³/mol. The SMILES string of the molecule is CCCNc1ncc(C)c(NCc2cncs2)n1. The summed E-state index contributed by atoms with van der Waals surface area (Å²) < 4.78 is 0. The highest BCUT2D eigenvalue weighted by atomic mass is 32.1. The third kappa shape index (κ3) is 3.40. The number of nitrogens with one attached hydrogen (secondary N) is 2. The molecule has 0 spiro atoms. The molecule has 2 aromatic rings. The fourth-order valence-corrected chi connectivity index (χ4v) is 1.98. The van der Waals surface area contributed by atoms with Gasteiger partial charge in [-0.25, -0.2) is 4.98 Å². The molecule has 2 aromatic heterocycles. The number of aryl methyl sites for hydroxylation is 1. The summed E-state index contributed by atoms with van der Waals surface area (Å²) in [5, 5.41) is 6.49. The van der Waals surface area contributed by atoms with Gasteiger partial charge in [-0.1, -0.05) is 6.92 Å². The van der Waals surface area contributed by atoms with Crippen molar-refractivity contribution in [1.82, 2.24) is 15.0 Å². The molecule has 0 radical (unpaired) electrons. The van der Waals surface area contributed by atoms with E-state index in [0.29, 0.717) is 5.95 Å². The van der Waals surface area contributed by atoms with Crippen molar-refractivity contribution in [3.05, 3.63) is 28.3 Å². The zero-order valence-electron chi connectivity index (χ0n) is 10.6. The van der Waals surface area contributed by atoms with Gasteiger partial charge in [-0.3, -0.25) is 4.98 Å². The Kier molecular flexibility index (Phi) is 4.46. The van der Waals surface area contributed by atoms with Crippen LogP contribution in [0.4, 0.5) is 11.8 Å². The van der Waals surface area contributed by atoms with Gasteiger partial charge in [0.2, 0.25) is 5.95 Å². The monoisotopic (exact) mass is 263 g/mol. The van der Waals surface area contributed by atoms with E-state index >= 15 is 0 Å². The maximum absolute atomic E-state index is 4.46. The molecule has 96 valence electrons. The second-order valence-corrected chi connectivity index (χ2v) is 4.94. The molecule has 2 heterocycles. The molecule has 0 aromatic carbocycles. The first-order valence-corrected chi connectivity index (χ1v) is 6.86. The van der Waals surface area contributed by atoms with Crippen molar-refractivity contribution in [2.75, 3.05) is 17.2 Å². The number of hydrogen-bond acceptors (Lipinski definition) is 6. The molecule has 0 aliphatic rings. The number of thiazole rings is 1. The molecule has 0 saturated carbocycles. The molecule has 18 heavy (non-hydrogen) atoms. The van der Waals surface area contributed by atoms with Crippen molar-refractivity contribution >= 4 is 23.1 Å². The maximum Gasteiger partial charge on any atom is 0.224 e. The lowest BCUT2D eigenvalue weighted by molar-refractivity contribution is 0.947. The summed E-state index contributed by atoms with van der Waals surface area (Å²) in [5.74, 6) is 1.55. The third-order valence-electron chi connectivity index (χ3n) is 2.42. The van der Waals surface area contributed by atoms with Crippen molar-refractivity contribution < 1.29 is 0 Å². The smallest absolute Gasteiger partial charge is 0.224 e. The second-order valence-electron chi connectivity index (χ2n) is 3.97. The Hall–Kier alpha value is -1.69. The van der Waals surface area contributed by atoms with E-state index in [1.54, 1.807) is 11.3 Å². The lowest BCUT2D eigenvalue weighted by Gasteiger charge is -2.09. The van der Waals surface area contributed by atoms with Gasteiger partial charge in [-0.05, 0) is 13.3 Å². The average Bonchev–Trinajstić information content (AvgIpc) is 2.89. The molecule has 0 bridgehead atoms. The minimum atomic E-state index is 0.675. The Morgan fingerprint density at radius 1 is 1.28 bits per heavy atom. The molecule has 0 atom stereocenters. The first-order chi connectivity index (χ1) is 8.79. The maximum atomic E-state index is 4.46. The summed E-state index contributed by atoms with van der Waals surface area (Å²) in [6.45, 7) is 5.75. The van der Waals surface area contributed by atoms with Crippen LogP contribution in [0.1, 0.15) is 23.8 Å². The fourth-order valence-electron chi connectivity index (χ4n) is 1.44. The second kappa shape index (κ2) is 6.30. The Morgan fingerprint density at radius 3 is 2.89 bits per heavy atom. The normalized spacial score (nSPS) is 10.3. The van der Waals surface area contributed by atoms with E-state index < -0.39 is 0 Å². The Bertz CT molecular complexity index is 483. The van der Waals surface area contributed by atoms with Crippen LogP contribution in [-0.4, -0.2) is 21.5 Å². The van der Waals surface area contributed by atoms with Crippen LogP contribution in [0.2, 0.25) is 0 Å². The summed E-state index contributed by atoms with van der Waals surface area (Å²) in [6.07, 6.45) is 4.76. The third-order valence-corrected chi connectivity index (χ3v) is 3.20. The number of nitrogens with zero attached hydrogens (tertiary/aromatic N) is 3. The molecule has 6 heteroatoms. The predicted octanol–water partition coefficient (Wildman–Crippen LogP) is 2.68. The molecule has 0 aliphatic carbocycles. The van der Waals surface area contributed by atoms with Gasteiger partial charge in [-0.15, -0.1) is 11.3 Å². The van der Waals surface area contributed by atoms with Crippen molar-refractivity contribution in [2.24, 2.45) is 0 Å². The average molecular weight is 263 g/mol. The standard InChI is InChI=1S/C12H17N5S/c1-3-4-14-12-16-5-9(2)11(17-12)15-7-10-6-13-8-18-10/h5-6,8H,3-4,7H2,1-2H3,(H2,14,15,16,17). The largest absolute Gasteiger partial charge is 0.365 e. The van der Waals surface area contributed by atoms with E-state index in [1.807, 2.05) is 24.8 Å². The Balaban J connectivity index is 2.01. The highest BCUT2D eigenvalue weighted by Crippen LogP contribution is 2.15. The quantitative estimate of drug-likeness (QED) is 0.839. The summed E-state index contributed by atoms with van der Waals surface area (Å²) in [7, 11) is 0. The number of rotatable bonds is 6. The molecule has 0 aliphatic heterocycles. The van der Waals surface area contributed by atoms with Gasteiger partial charge in [0.05, 0.1) is 12.1 Å². The summed E-state index contributed by atoms with van der Waals surface area (Å²) >= 11 is 1.63. The van der Waals surface area contributed by atoms with Gasteiger partial charge < -0.3 is 10.6 Å². The van der Waals surface area contributed by atoms with Crippen LogP contribution in [0, 0.1) is 6.92 Å². The van der Waals surface area contributed by atoms with E-state index in [9.17, 15) is 0 Å². The van der Waals surface area contributed by atoms with E-state index in [2.05, 4.69) is 32.5 Å². The van der Waals surface area contributed by atoms with E-state index in [4.69, 9.17) is 0 Å². The summed E-state index contributed by atoms with van der Waals surface area (Å²) in [5.41, 5.74) is 2.87. The molecule has 0 unspecified atom stereocenters. The van der Waals surface area contributed by atoms with Crippen molar-refractivity contribution in [1.29, 1.82) is 0 Å². The zero-order chi connectivity index (χ0) is 12.8. The molecule has 2 N–H and O–H groups in total. The van der Waals surface area contributed by atoms with Crippen molar-refractivity contribution in [2.45, 2.75) is 26.8 Å². The van der Waals surface area contributed by atoms with Crippen LogP contribution in [0.15, 0.2) is 17.9 Å². The highest BCUT2D eigenvalue weighted by Gasteiger charge is 2.03. The van der Waals surface area contributed by atoms with Gasteiger partial charge in [0, 0.05) is 29.4 Å². The molecular formula is C12H17N5S. The molecule has 0 fully saturated rings. The van der Waals surface area contributed by atoms with E-state index in [1.165, 1.54) is 4.88 Å². The lowest BCUT2D eigenvalue weighted by Crippen LogP contribution is -2.08. The van der Waals surface area contributed by atoms with Crippen LogP contribution in [0.25, 0.3) is 0 Å². The van der Waals surface area contributed by atoms with Gasteiger partial charge in [-0.2, -0.15) is 4.98 Å². The topological polar surface area (TPSA) is 62.7 Å². The van der Waals surface area contributed by atoms with Gasteiger partial charge in [0.15, 0.2) is 0 Å². The fraction of sp³-hybridized carbons (Fsp3) is 0.417. The van der Waals surface area contributed by atoms with Gasteiger partial charge in [0.1, 0.15) is 5.82 Å². The number of hydrogen-bond donors (Lipinski definition) is 2. The highest BCUT2D eigenvalue weighted by molar-refractivity contribution is 7.09. The van der Waals surface area contributed by atoms with Crippen LogP contribution < -0.4 is 10.6 Å². The van der Waals surface area contributed by atoms with Crippen molar-refractivity contribution in [3.8, 4) is 0 Å². The Labute approximate surface area is 111 Å². The van der Waals surface area contributed by atoms with Crippen LogP contribution in [-0.2, 0) is 6.54 Å². The minimum absolute atomic E-state index is 0.675. The first-order valence-electron chi connectivity index (χ1n) is 5.98. The first kappa shape index (κ1) is 12.8. The number of anilines is 2.